The molecule has 1 aliphatic heterocycles. The van der Waals surface area contributed by atoms with Gasteiger partial charge in [-0.05, 0) is 17.7 Å². The van der Waals surface area contributed by atoms with Crippen LogP contribution < -0.4 is 16.0 Å². The molecule has 1 atom stereocenters. The Balaban J connectivity index is 1.66. The van der Waals surface area contributed by atoms with Crippen molar-refractivity contribution in [1.29, 1.82) is 0 Å². The molecule has 1 aliphatic rings. The number of morpholine rings is 1. The molecule has 25 heavy (non-hydrogen) atoms. The van der Waals surface area contributed by atoms with E-state index >= 15 is 0 Å². The highest BCUT2D eigenvalue weighted by Gasteiger charge is 2.25. The van der Waals surface area contributed by atoms with Gasteiger partial charge < -0.3 is 20.7 Å². The minimum Gasteiger partial charge on any atom is -0.367 e. The number of nitrogens with two attached hydrogens (primary N) is 1. The predicted octanol–water partition coefficient (Wildman–Crippen LogP) is 0.702. The number of benzene rings is 1. The number of pyridine rings is 1. The zero-order valence-electron chi connectivity index (χ0n) is 13.7. The Hall–Kier alpha value is -2.93. The van der Waals surface area contributed by atoms with Gasteiger partial charge in [0.05, 0.1) is 13.2 Å². The van der Waals surface area contributed by atoms with Gasteiger partial charge in [0.15, 0.2) is 6.10 Å². The van der Waals surface area contributed by atoms with Crippen molar-refractivity contribution in [3.8, 4) is 0 Å². The van der Waals surface area contributed by atoms with E-state index in [0.29, 0.717) is 31.9 Å². The first kappa shape index (κ1) is 16.9. The summed E-state index contributed by atoms with van der Waals surface area (Å²) in [4.78, 5) is 29.8. The molecule has 2 heterocycles. The van der Waals surface area contributed by atoms with Crippen molar-refractivity contribution >= 4 is 17.5 Å². The first-order chi connectivity index (χ1) is 12.1. The van der Waals surface area contributed by atoms with Gasteiger partial charge in [-0.1, -0.05) is 30.3 Å². The molecule has 130 valence electrons. The molecule has 1 saturated heterocycles. The highest BCUT2D eigenvalue weighted by Crippen LogP contribution is 2.18. The monoisotopic (exact) mass is 340 g/mol. The van der Waals surface area contributed by atoms with E-state index in [1.807, 2.05) is 35.2 Å². The minimum absolute atomic E-state index is 0.245. The average Bonchev–Trinajstić information content (AvgIpc) is 2.67. The largest absolute Gasteiger partial charge is 0.367 e. The van der Waals surface area contributed by atoms with Crippen molar-refractivity contribution in [2.45, 2.75) is 12.6 Å². The van der Waals surface area contributed by atoms with Crippen LogP contribution in [0.2, 0.25) is 0 Å². The standard InChI is InChI=1S/C18H20N4O3/c19-17(23)16-12-22(8-9-25-16)14-6-7-20-15(10-14)18(24)21-11-13-4-2-1-3-5-13/h1-7,10,16H,8-9,11-12H2,(H2,19,23)(H,21,24)/t16-/m0/s1. The maximum absolute atomic E-state index is 12.3. The van der Waals surface area contributed by atoms with Crippen molar-refractivity contribution in [2.24, 2.45) is 5.73 Å². The number of primary amides is 1. The van der Waals surface area contributed by atoms with Crippen molar-refractivity contribution in [3.05, 3.63) is 59.9 Å². The van der Waals surface area contributed by atoms with E-state index in [-0.39, 0.29) is 5.91 Å². The molecule has 0 unspecified atom stereocenters. The molecule has 2 aromatic rings. The van der Waals surface area contributed by atoms with Gasteiger partial charge in [0.2, 0.25) is 5.91 Å². The molecule has 1 aromatic heterocycles. The van der Waals surface area contributed by atoms with Crippen LogP contribution in [0.5, 0.6) is 0 Å². The second kappa shape index (κ2) is 7.76. The number of nitrogens with zero attached hydrogens (tertiary/aromatic N) is 2. The van der Waals surface area contributed by atoms with Gasteiger partial charge in [-0.15, -0.1) is 0 Å². The van der Waals surface area contributed by atoms with Gasteiger partial charge in [0.1, 0.15) is 5.69 Å². The van der Waals surface area contributed by atoms with E-state index in [2.05, 4.69) is 10.3 Å². The second-order valence-electron chi connectivity index (χ2n) is 5.78. The Morgan fingerprint density at radius 2 is 2.08 bits per heavy atom. The van der Waals surface area contributed by atoms with Crippen LogP contribution >= 0.6 is 0 Å². The molecule has 7 heteroatoms. The number of hydrogen-bond acceptors (Lipinski definition) is 5. The summed E-state index contributed by atoms with van der Waals surface area (Å²) in [7, 11) is 0. The third kappa shape index (κ3) is 4.33. The molecule has 1 fully saturated rings. The molecule has 0 saturated carbocycles. The van der Waals surface area contributed by atoms with Crippen LogP contribution in [0.3, 0.4) is 0 Å². The van der Waals surface area contributed by atoms with Gasteiger partial charge in [-0.3, -0.25) is 14.6 Å². The van der Waals surface area contributed by atoms with Crippen molar-refractivity contribution < 1.29 is 14.3 Å². The van der Waals surface area contributed by atoms with E-state index in [4.69, 9.17) is 10.5 Å². The van der Waals surface area contributed by atoms with Crippen LogP contribution in [0, 0.1) is 0 Å². The SMILES string of the molecule is NC(=O)[C@@H]1CN(c2ccnc(C(=O)NCc3ccccc3)c2)CCO1. The lowest BCUT2D eigenvalue weighted by Crippen LogP contribution is -2.48. The highest BCUT2D eigenvalue weighted by molar-refractivity contribution is 5.93. The summed E-state index contributed by atoms with van der Waals surface area (Å²) in [6, 6.07) is 13.2. The molecule has 1 aromatic carbocycles. The number of ether oxygens (including phenoxy) is 1. The Labute approximate surface area is 145 Å². The number of rotatable bonds is 5. The summed E-state index contributed by atoms with van der Waals surface area (Å²) >= 11 is 0. The normalized spacial score (nSPS) is 17.1. The Kier molecular flexibility index (Phi) is 5.25. The van der Waals surface area contributed by atoms with Crippen LogP contribution in [-0.4, -0.2) is 42.6 Å². The van der Waals surface area contributed by atoms with Crippen LogP contribution in [0.25, 0.3) is 0 Å². The zero-order valence-corrected chi connectivity index (χ0v) is 13.7. The summed E-state index contributed by atoms with van der Waals surface area (Å²) < 4.78 is 5.35. The molecule has 7 nitrogen and oxygen atoms in total. The van der Waals surface area contributed by atoms with Gasteiger partial charge in [-0.25, -0.2) is 0 Å². The maximum atomic E-state index is 12.3. The molecular formula is C18H20N4O3. The number of aromatic nitrogens is 1. The second-order valence-corrected chi connectivity index (χ2v) is 5.78. The number of hydrogen-bond donors (Lipinski definition) is 2. The van der Waals surface area contributed by atoms with Gasteiger partial charge in [-0.2, -0.15) is 0 Å². The van der Waals surface area contributed by atoms with Crippen LogP contribution in [0.1, 0.15) is 16.1 Å². The fourth-order valence-electron chi connectivity index (χ4n) is 2.66. The highest BCUT2D eigenvalue weighted by atomic mass is 16.5. The lowest BCUT2D eigenvalue weighted by atomic mass is 10.2. The van der Waals surface area contributed by atoms with Gasteiger partial charge in [0.25, 0.3) is 5.91 Å². The summed E-state index contributed by atoms with van der Waals surface area (Å²) in [5.41, 5.74) is 7.47. The van der Waals surface area contributed by atoms with Crippen molar-refractivity contribution in [3.63, 3.8) is 0 Å². The van der Waals surface area contributed by atoms with Crippen LogP contribution in [0.15, 0.2) is 48.7 Å². The Morgan fingerprint density at radius 1 is 1.28 bits per heavy atom. The molecule has 0 spiro atoms. The molecule has 3 N–H and O–H groups in total. The van der Waals surface area contributed by atoms with E-state index in [0.717, 1.165) is 11.3 Å². The first-order valence-corrected chi connectivity index (χ1v) is 8.07. The fraction of sp³-hybridized carbons (Fsp3) is 0.278. The summed E-state index contributed by atoms with van der Waals surface area (Å²) in [5, 5.41) is 2.85. The van der Waals surface area contributed by atoms with E-state index in [1.54, 1.807) is 18.3 Å². The summed E-state index contributed by atoms with van der Waals surface area (Å²) in [6.07, 6.45) is 0.943. The number of anilines is 1. The molecule has 3 rings (SSSR count). The van der Waals surface area contributed by atoms with Gasteiger partial charge in [0, 0.05) is 25.0 Å². The Morgan fingerprint density at radius 3 is 2.84 bits per heavy atom. The average molecular weight is 340 g/mol. The third-order valence-corrected chi connectivity index (χ3v) is 4.02. The van der Waals surface area contributed by atoms with Crippen molar-refractivity contribution in [1.82, 2.24) is 10.3 Å². The molecular weight excluding hydrogens is 320 g/mol. The fourth-order valence-corrected chi connectivity index (χ4v) is 2.66. The predicted molar refractivity (Wildman–Crippen MR) is 93.0 cm³/mol. The van der Waals surface area contributed by atoms with E-state index in [1.165, 1.54) is 0 Å². The number of carbonyl (C=O) groups excluding carboxylic acids is 2. The first-order valence-electron chi connectivity index (χ1n) is 8.07. The molecule has 2 amide bonds. The lowest BCUT2D eigenvalue weighted by molar-refractivity contribution is -0.130. The maximum Gasteiger partial charge on any atom is 0.270 e. The van der Waals surface area contributed by atoms with E-state index < -0.39 is 12.0 Å². The quantitative estimate of drug-likeness (QED) is 0.835. The van der Waals surface area contributed by atoms with Crippen molar-refractivity contribution in [2.75, 3.05) is 24.6 Å². The smallest absolute Gasteiger partial charge is 0.270 e. The molecule has 0 aliphatic carbocycles. The number of amides is 2. The third-order valence-electron chi connectivity index (χ3n) is 4.02. The number of carbonyl (C=O) groups is 2. The lowest BCUT2D eigenvalue weighted by Gasteiger charge is -2.33. The molecule has 0 radical (unpaired) electrons. The van der Waals surface area contributed by atoms with Crippen LogP contribution in [-0.2, 0) is 16.1 Å². The van der Waals surface area contributed by atoms with Gasteiger partial charge >= 0.3 is 0 Å². The number of nitrogens with one attached hydrogen (secondary N) is 1. The summed E-state index contributed by atoms with van der Waals surface area (Å²) in [6.45, 7) is 1.83. The Bertz CT molecular complexity index is 751. The van der Waals surface area contributed by atoms with E-state index in [9.17, 15) is 9.59 Å². The topological polar surface area (TPSA) is 97.6 Å². The minimum atomic E-state index is -0.641. The zero-order chi connectivity index (χ0) is 17.6. The van der Waals surface area contributed by atoms with Crippen LogP contribution in [0.4, 0.5) is 5.69 Å². The molecule has 0 bridgehead atoms. The summed E-state index contributed by atoms with van der Waals surface area (Å²) in [5.74, 6) is -0.731.